The van der Waals surface area contributed by atoms with E-state index in [-0.39, 0.29) is 23.6 Å². The quantitative estimate of drug-likeness (QED) is 0.511. The molecule has 32 heavy (non-hydrogen) atoms. The number of rotatable bonds is 9. The van der Waals surface area contributed by atoms with Crippen LogP contribution in [0.3, 0.4) is 0 Å². The smallest absolute Gasteiger partial charge is 0.387 e. The van der Waals surface area contributed by atoms with Crippen molar-refractivity contribution < 1.29 is 23.0 Å². The van der Waals surface area contributed by atoms with Gasteiger partial charge >= 0.3 is 6.61 Å². The van der Waals surface area contributed by atoms with Crippen LogP contribution in [0.2, 0.25) is 0 Å². The molecule has 0 atom stereocenters. The number of nitrogens with zero attached hydrogens (tertiary/aromatic N) is 1. The molecule has 1 amide bonds. The highest BCUT2D eigenvalue weighted by Gasteiger charge is 2.15. The van der Waals surface area contributed by atoms with Crippen LogP contribution < -0.4 is 14.8 Å². The Balaban J connectivity index is 1.75. The molecule has 1 N–H and O–H groups in total. The lowest BCUT2D eigenvalue weighted by molar-refractivity contribution is -0.0512. The Morgan fingerprint density at radius 1 is 1.00 bits per heavy atom. The van der Waals surface area contributed by atoms with E-state index < -0.39 is 12.5 Å². The molecule has 168 valence electrons. The van der Waals surface area contributed by atoms with E-state index in [1.807, 2.05) is 38.4 Å². The summed E-state index contributed by atoms with van der Waals surface area (Å²) in [6, 6.07) is 20.3. The maximum Gasteiger partial charge on any atom is 0.387 e. The average Bonchev–Trinajstić information content (AvgIpc) is 2.77. The second-order valence-corrected chi connectivity index (χ2v) is 7.52. The summed E-state index contributed by atoms with van der Waals surface area (Å²) in [5, 5.41) is 2.85. The zero-order valence-electron chi connectivity index (χ0n) is 18.3. The van der Waals surface area contributed by atoms with Crippen LogP contribution >= 0.6 is 0 Å². The van der Waals surface area contributed by atoms with Crippen LogP contribution in [0.15, 0.2) is 66.7 Å². The van der Waals surface area contributed by atoms with Crippen LogP contribution in [0.4, 0.5) is 8.78 Å². The van der Waals surface area contributed by atoms with E-state index in [0.29, 0.717) is 0 Å². The molecule has 0 aliphatic carbocycles. The molecule has 0 aliphatic rings. The topological polar surface area (TPSA) is 50.8 Å². The SMILES string of the molecule is COc1ccc(C(=O)NCc2ccccc2-c2ccc(CN(C)C)cc2)cc1OC(F)F. The van der Waals surface area contributed by atoms with Crippen molar-refractivity contribution in [2.24, 2.45) is 0 Å². The van der Waals surface area contributed by atoms with Gasteiger partial charge in [0, 0.05) is 18.7 Å². The van der Waals surface area contributed by atoms with Gasteiger partial charge in [-0.1, -0.05) is 48.5 Å². The first-order valence-electron chi connectivity index (χ1n) is 10.1. The van der Waals surface area contributed by atoms with Crippen molar-refractivity contribution in [2.45, 2.75) is 19.7 Å². The number of hydrogen-bond donors (Lipinski definition) is 1. The molecule has 0 unspecified atom stereocenters. The Hall–Kier alpha value is -3.45. The number of ether oxygens (including phenoxy) is 2. The summed E-state index contributed by atoms with van der Waals surface area (Å²) in [4.78, 5) is 14.8. The molecular formula is C25H26F2N2O3. The molecule has 0 radical (unpaired) electrons. The highest BCUT2D eigenvalue weighted by atomic mass is 19.3. The summed E-state index contributed by atoms with van der Waals surface area (Å²) in [7, 11) is 5.39. The number of carbonyl (C=O) groups is 1. The molecule has 0 spiro atoms. The van der Waals surface area contributed by atoms with Crippen molar-refractivity contribution in [3.63, 3.8) is 0 Å². The fourth-order valence-electron chi connectivity index (χ4n) is 3.39. The summed E-state index contributed by atoms with van der Waals surface area (Å²) >= 11 is 0. The first-order chi connectivity index (χ1) is 15.4. The minimum absolute atomic E-state index is 0.130. The van der Waals surface area contributed by atoms with Crippen molar-refractivity contribution in [1.29, 1.82) is 0 Å². The van der Waals surface area contributed by atoms with E-state index in [4.69, 9.17) is 4.74 Å². The number of halogens is 2. The number of hydrogen-bond acceptors (Lipinski definition) is 4. The Kier molecular flexibility index (Phi) is 7.78. The molecule has 0 aromatic heterocycles. The van der Waals surface area contributed by atoms with Crippen molar-refractivity contribution in [1.82, 2.24) is 10.2 Å². The molecule has 7 heteroatoms. The molecule has 3 aromatic carbocycles. The van der Waals surface area contributed by atoms with Gasteiger partial charge in [0.05, 0.1) is 7.11 Å². The van der Waals surface area contributed by atoms with Crippen LogP contribution in [-0.4, -0.2) is 38.6 Å². The lowest BCUT2D eigenvalue weighted by atomic mass is 9.98. The van der Waals surface area contributed by atoms with E-state index in [2.05, 4.69) is 39.2 Å². The highest BCUT2D eigenvalue weighted by Crippen LogP contribution is 2.30. The van der Waals surface area contributed by atoms with Crippen LogP contribution in [0, 0.1) is 0 Å². The minimum Gasteiger partial charge on any atom is -0.493 e. The van der Waals surface area contributed by atoms with Gasteiger partial charge < -0.3 is 19.7 Å². The average molecular weight is 440 g/mol. The standard InChI is InChI=1S/C25H26F2N2O3/c1-29(2)16-17-8-10-18(11-9-17)21-7-5-4-6-20(21)15-28-24(30)19-12-13-22(31-3)23(14-19)32-25(26)27/h4-14,25H,15-16H2,1-3H3,(H,28,30). The summed E-state index contributed by atoms with van der Waals surface area (Å²) in [6.45, 7) is -1.87. The molecule has 3 rings (SSSR count). The number of carbonyl (C=O) groups excluding carboxylic acids is 1. The number of benzene rings is 3. The molecule has 0 aliphatic heterocycles. The van der Waals surface area contributed by atoms with Gasteiger partial charge in [-0.3, -0.25) is 4.79 Å². The number of nitrogens with one attached hydrogen (secondary N) is 1. The fraction of sp³-hybridized carbons (Fsp3) is 0.240. The van der Waals surface area contributed by atoms with Crippen molar-refractivity contribution in [3.05, 3.63) is 83.4 Å². The zero-order valence-corrected chi connectivity index (χ0v) is 18.3. The zero-order chi connectivity index (χ0) is 23.1. The molecule has 0 saturated carbocycles. The van der Waals surface area contributed by atoms with Gasteiger partial charge in [0.25, 0.3) is 5.91 Å². The van der Waals surface area contributed by atoms with E-state index in [0.717, 1.165) is 23.2 Å². The van der Waals surface area contributed by atoms with E-state index in [1.54, 1.807) is 0 Å². The Morgan fingerprint density at radius 2 is 1.72 bits per heavy atom. The van der Waals surface area contributed by atoms with Gasteiger partial charge in [0.1, 0.15) is 0 Å². The Labute approximate surface area is 186 Å². The monoisotopic (exact) mass is 440 g/mol. The molecule has 0 heterocycles. The van der Waals surface area contributed by atoms with Gasteiger partial charge in [-0.25, -0.2) is 0 Å². The maximum atomic E-state index is 12.7. The maximum absolute atomic E-state index is 12.7. The normalized spacial score (nSPS) is 11.0. The van der Waals surface area contributed by atoms with E-state index in [1.165, 1.54) is 30.9 Å². The second-order valence-electron chi connectivity index (χ2n) is 7.52. The highest BCUT2D eigenvalue weighted by molar-refractivity contribution is 5.95. The summed E-state index contributed by atoms with van der Waals surface area (Å²) in [5.74, 6) is -0.457. The first kappa shape index (κ1) is 23.2. The minimum atomic E-state index is -3.02. The molecular weight excluding hydrogens is 414 g/mol. The molecule has 0 saturated heterocycles. The van der Waals surface area contributed by atoms with Crippen molar-refractivity contribution in [2.75, 3.05) is 21.2 Å². The summed E-state index contributed by atoms with van der Waals surface area (Å²) < 4.78 is 34.8. The van der Waals surface area contributed by atoms with Crippen LogP contribution in [0.25, 0.3) is 11.1 Å². The van der Waals surface area contributed by atoms with Gasteiger partial charge in [0.15, 0.2) is 11.5 Å². The molecule has 0 fully saturated rings. The van der Waals surface area contributed by atoms with Gasteiger partial charge in [-0.15, -0.1) is 0 Å². The predicted octanol–water partition coefficient (Wildman–Crippen LogP) is 4.96. The Morgan fingerprint density at radius 3 is 2.38 bits per heavy atom. The number of methoxy groups -OCH3 is 1. The van der Waals surface area contributed by atoms with E-state index >= 15 is 0 Å². The molecule has 3 aromatic rings. The first-order valence-corrected chi connectivity index (χ1v) is 10.1. The second kappa shape index (κ2) is 10.7. The third-order valence-electron chi connectivity index (χ3n) is 4.86. The van der Waals surface area contributed by atoms with Crippen LogP contribution in [0.5, 0.6) is 11.5 Å². The fourth-order valence-corrected chi connectivity index (χ4v) is 3.39. The number of amides is 1. The van der Waals surface area contributed by atoms with Gasteiger partial charge in [-0.2, -0.15) is 8.78 Å². The largest absolute Gasteiger partial charge is 0.493 e. The Bertz CT molecular complexity index is 1050. The summed E-state index contributed by atoms with van der Waals surface area (Å²) in [6.07, 6.45) is 0. The van der Waals surface area contributed by atoms with Gasteiger partial charge in [0.2, 0.25) is 0 Å². The van der Waals surface area contributed by atoms with Gasteiger partial charge in [-0.05, 0) is 54.5 Å². The number of alkyl halides is 2. The third kappa shape index (κ3) is 6.04. The predicted molar refractivity (Wildman–Crippen MR) is 120 cm³/mol. The summed E-state index contributed by atoms with van der Waals surface area (Å²) in [5.41, 5.74) is 4.42. The third-order valence-corrected chi connectivity index (χ3v) is 4.86. The van der Waals surface area contributed by atoms with Crippen LogP contribution in [0.1, 0.15) is 21.5 Å². The lowest BCUT2D eigenvalue weighted by Gasteiger charge is -2.14. The van der Waals surface area contributed by atoms with Crippen LogP contribution in [-0.2, 0) is 13.1 Å². The van der Waals surface area contributed by atoms with E-state index in [9.17, 15) is 13.6 Å². The lowest BCUT2D eigenvalue weighted by Crippen LogP contribution is -2.23. The molecule has 5 nitrogen and oxygen atoms in total. The molecule has 0 bridgehead atoms. The van der Waals surface area contributed by atoms with Crippen molar-refractivity contribution >= 4 is 5.91 Å². The van der Waals surface area contributed by atoms with Crippen molar-refractivity contribution in [3.8, 4) is 22.6 Å².